The first-order chi connectivity index (χ1) is 10.4. The number of hydrogen-bond acceptors (Lipinski definition) is 0. The Morgan fingerprint density at radius 2 is 1.19 bits per heavy atom. The highest BCUT2D eigenvalue weighted by Crippen LogP contribution is 2.26. The van der Waals surface area contributed by atoms with Crippen LogP contribution in [0.25, 0.3) is 11.3 Å². The van der Waals surface area contributed by atoms with Gasteiger partial charge in [0, 0.05) is 0 Å². The van der Waals surface area contributed by atoms with Crippen molar-refractivity contribution in [2.24, 2.45) is 0 Å². The molecule has 99 valence electrons. The number of benzene rings is 3. The Hall–Kier alpha value is -2.38. The third-order valence-corrected chi connectivity index (χ3v) is 6.82. The van der Waals surface area contributed by atoms with E-state index >= 15 is 0 Å². The second-order valence-electron chi connectivity index (χ2n) is 5.25. The van der Waals surface area contributed by atoms with Gasteiger partial charge in [0.2, 0.25) is 0 Å². The van der Waals surface area contributed by atoms with E-state index in [9.17, 15) is 0 Å². The van der Waals surface area contributed by atoms with Gasteiger partial charge in [-0.25, -0.2) is 0 Å². The molecule has 0 fully saturated rings. The molecular formula is C20H15Si. The molecule has 0 aromatic heterocycles. The molecule has 1 radical (unpaired) electrons. The predicted octanol–water partition coefficient (Wildman–Crippen LogP) is 3.39. The summed E-state index contributed by atoms with van der Waals surface area (Å²) in [5.41, 5.74) is 2.74. The van der Waals surface area contributed by atoms with Crippen LogP contribution < -0.4 is 10.4 Å². The molecule has 21 heavy (non-hydrogen) atoms. The summed E-state index contributed by atoms with van der Waals surface area (Å²) < 4.78 is 0. The standard InChI is InChI=1S/C20H15Si/c1-3-9-16(10-4-1)20-15-17-11-7-8-14-19(17)21(20)18-12-5-2-6-13-18/h1-15H. The van der Waals surface area contributed by atoms with E-state index in [-0.39, 0.29) is 0 Å². The maximum atomic E-state index is 2.38. The minimum absolute atomic E-state index is 0.876. The Balaban J connectivity index is 1.90. The normalized spacial score (nSPS) is 13.8. The van der Waals surface area contributed by atoms with Crippen molar-refractivity contribution in [3.63, 3.8) is 0 Å². The molecule has 0 N–H and O–H groups in total. The minimum atomic E-state index is -0.876. The number of fused-ring (bicyclic) bond motifs is 1. The van der Waals surface area contributed by atoms with Crippen LogP contribution in [0.2, 0.25) is 0 Å². The fourth-order valence-corrected chi connectivity index (χ4v) is 5.88. The Morgan fingerprint density at radius 1 is 0.571 bits per heavy atom. The number of hydrogen-bond donors (Lipinski definition) is 0. The van der Waals surface area contributed by atoms with E-state index in [4.69, 9.17) is 0 Å². The molecule has 3 aromatic carbocycles. The molecule has 0 bridgehead atoms. The molecule has 0 spiro atoms. The summed E-state index contributed by atoms with van der Waals surface area (Å²) in [7, 11) is -0.876. The average molecular weight is 283 g/mol. The monoisotopic (exact) mass is 283 g/mol. The van der Waals surface area contributed by atoms with Crippen LogP contribution in [0.15, 0.2) is 84.9 Å². The van der Waals surface area contributed by atoms with Crippen LogP contribution >= 0.6 is 0 Å². The molecule has 4 rings (SSSR count). The lowest BCUT2D eigenvalue weighted by Crippen LogP contribution is -2.41. The first-order valence-electron chi connectivity index (χ1n) is 7.23. The zero-order chi connectivity index (χ0) is 14.1. The summed E-state index contributed by atoms with van der Waals surface area (Å²) in [6.45, 7) is 0. The van der Waals surface area contributed by atoms with Gasteiger partial charge in [0.25, 0.3) is 0 Å². The first-order valence-corrected chi connectivity index (χ1v) is 8.73. The molecular weight excluding hydrogens is 268 g/mol. The molecule has 0 saturated carbocycles. The van der Waals surface area contributed by atoms with Gasteiger partial charge in [0.05, 0.1) is 0 Å². The predicted molar refractivity (Wildman–Crippen MR) is 92.2 cm³/mol. The SMILES string of the molecule is C1=C(c2ccccc2)[Si](c2ccccc2)c2ccccc21. The van der Waals surface area contributed by atoms with Crippen LogP contribution in [0.5, 0.6) is 0 Å². The lowest BCUT2D eigenvalue weighted by molar-refractivity contribution is 1.65. The minimum Gasteiger partial charge on any atom is -0.0624 e. The fourth-order valence-electron chi connectivity index (χ4n) is 2.98. The Labute approximate surface area is 127 Å². The molecule has 0 aliphatic carbocycles. The molecule has 1 aliphatic rings. The van der Waals surface area contributed by atoms with Gasteiger partial charge in [0.15, 0.2) is 8.80 Å². The quantitative estimate of drug-likeness (QED) is 0.632. The van der Waals surface area contributed by atoms with Gasteiger partial charge in [-0.3, -0.25) is 0 Å². The highest BCUT2D eigenvalue weighted by Gasteiger charge is 2.29. The second kappa shape index (κ2) is 5.19. The Morgan fingerprint density at radius 3 is 1.95 bits per heavy atom. The van der Waals surface area contributed by atoms with Gasteiger partial charge in [-0.2, -0.15) is 0 Å². The van der Waals surface area contributed by atoms with Crippen molar-refractivity contribution in [1.29, 1.82) is 0 Å². The highest BCUT2D eigenvalue weighted by atomic mass is 28.3. The highest BCUT2D eigenvalue weighted by molar-refractivity contribution is 7.02. The van der Waals surface area contributed by atoms with Gasteiger partial charge in [0.1, 0.15) is 0 Å². The van der Waals surface area contributed by atoms with Crippen molar-refractivity contribution in [3.05, 3.63) is 96.1 Å². The zero-order valence-corrected chi connectivity index (χ0v) is 12.7. The summed E-state index contributed by atoms with van der Waals surface area (Å²) in [4.78, 5) is 0. The summed E-state index contributed by atoms with van der Waals surface area (Å²) in [6, 6.07) is 30.6. The van der Waals surface area contributed by atoms with Crippen molar-refractivity contribution in [1.82, 2.24) is 0 Å². The van der Waals surface area contributed by atoms with Gasteiger partial charge in [-0.05, 0) is 21.5 Å². The van der Waals surface area contributed by atoms with Crippen molar-refractivity contribution in [2.75, 3.05) is 0 Å². The molecule has 0 amide bonds. The molecule has 1 aliphatic heterocycles. The zero-order valence-electron chi connectivity index (χ0n) is 11.7. The van der Waals surface area contributed by atoms with Crippen molar-refractivity contribution in [2.45, 2.75) is 0 Å². The molecule has 0 unspecified atom stereocenters. The second-order valence-corrected chi connectivity index (χ2v) is 7.66. The van der Waals surface area contributed by atoms with Crippen molar-refractivity contribution >= 4 is 30.4 Å². The van der Waals surface area contributed by atoms with E-state index in [2.05, 4.69) is 91.0 Å². The Bertz CT molecular complexity index is 788. The summed E-state index contributed by atoms with van der Waals surface area (Å²) in [6.07, 6.45) is 2.38. The van der Waals surface area contributed by atoms with Crippen LogP contribution in [0.3, 0.4) is 0 Å². The van der Waals surface area contributed by atoms with Crippen LogP contribution in [-0.4, -0.2) is 8.80 Å². The van der Waals surface area contributed by atoms with Crippen LogP contribution in [0.1, 0.15) is 11.1 Å². The lowest BCUT2D eigenvalue weighted by atomic mass is 10.1. The van der Waals surface area contributed by atoms with E-state index in [1.807, 2.05) is 0 Å². The van der Waals surface area contributed by atoms with Gasteiger partial charge in [-0.15, -0.1) is 0 Å². The fraction of sp³-hybridized carbons (Fsp3) is 0. The molecule has 0 nitrogen and oxygen atoms in total. The van der Waals surface area contributed by atoms with E-state index in [1.54, 1.807) is 0 Å². The molecule has 1 heterocycles. The van der Waals surface area contributed by atoms with E-state index in [1.165, 1.54) is 26.7 Å². The average Bonchev–Trinajstić information content (AvgIpc) is 2.96. The third kappa shape index (κ3) is 2.16. The lowest BCUT2D eigenvalue weighted by Gasteiger charge is -2.15. The van der Waals surface area contributed by atoms with E-state index in [0.29, 0.717) is 0 Å². The van der Waals surface area contributed by atoms with Crippen molar-refractivity contribution in [3.8, 4) is 0 Å². The van der Waals surface area contributed by atoms with Crippen LogP contribution in [0, 0.1) is 0 Å². The topological polar surface area (TPSA) is 0 Å². The first kappa shape index (κ1) is 12.4. The molecule has 1 heteroatoms. The summed E-state index contributed by atoms with van der Waals surface area (Å²) in [5, 5.41) is 4.46. The summed E-state index contributed by atoms with van der Waals surface area (Å²) >= 11 is 0. The molecule has 3 aromatic rings. The van der Waals surface area contributed by atoms with Gasteiger partial charge >= 0.3 is 0 Å². The smallest absolute Gasteiger partial charge is 0.0624 e. The molecule has 0 atom stereocenters. The van der Waals surface area contributed by atoms with Crippen LogP contribution in [-0.2, 0) is 0 Å². The molecule has 0 saturated heterocycles. The van der Waals surface area contributed by atoms with Gasteiger partial charge in [-0.1, -0.05) is 96.2 Å². The summed E-state index contributed by atoms with van der Waals surface area (Å²) in [5.74, 6) is 0. The maximum Gasteiger partial charge on any atom is 0.156 e. The maximum absolute atomic E-state index is 2.38. The van der Waals surface area contributed by atoms with E-state index in [0.717, 1.165) is 0 Å². The van der Waals surface area contributed by atoms with Crippen molar-refractivity contribution < 1.29 is 0 Å². The largest absolute Gasteiger partial charge is 0.156 e. The number of rotatable bonds is 2. The Kier molecular flexibility index (Phi) is 3.06. The van der Waals surface area contributed by atoms with E-state index < -0.39 is 8.80 Å². The van der Waals surface area contributed by atoms with Crippen LogP contribution in [0.4, 0.5) is 0 Å². The third-order valence-electron chi connectivity index (χ3n) is 3.95. The van der Waals surface area contributed by atoms with Gasteiger partial charge < -0.3 is 0 Å².